The maximum Gasteiger partial charge on any atom is 0.0133 e. The van der Waals surface area contributed by atoms with Gasteiger partial charge in [0.2, 0.25) is 0 Å². The first-order chi connectivity index (χ1) is 8.84. The molecule has 0 amide bonds. The number of hydrogen-bond acceptors (Lipinski definition) is 2. The van der Waals surface area contributed by atoms with Gasteiger partial charge in [-0.05, 0) is 31.2 Å². The minimum absolute atomic E-state index is 0.358. The first-order valence-electron chi connectivity index (χ1n) is 7.25. The maximum atomic E-state index is 6.22. The average molecular weight is 263 g/mol. The van der Waals surface area contributed by atoms with Gasteiger partial charge in [-0.3, -0.25) is 0 Å². The van der Waals surface area contributed by atoms with Crippen LogP contribution in [0.3, 0.4) is 0 Å². The molecule has 1 saturated carbocycles. The van der Waals surface area contributed by atoms with E-state index >= 15 is 0 Å². The molecule has 1 unspecified atom stereocenters. The third-order valence-corrected chi connectivity index (χ3v) is 5.31. The molecule has 2 heteroatoms. The van der Waals surface area contributed by atoms with Crippen LogP contribution in [0.25, 0.3) is 0 Å². The summed E-state index contributed by atoms with van der Waals surface area (Å²) in [5, 5.41) is 0.890. The summed E-state index contributed by atoms with van der Waals surface area (Å²) in [6.07, 6.45) is 9.36. The highest BCUT2D eigenvalue weighted by Gasteiger charge is 2.15. The van der Waals surface area contributed by atoms with Gasteiger partial charge in [-0.2, -0.15) is 11.8 Å². The zero-order valence-corrected chi connectivity index (χ0v) is 12.0. The predicted octanol–water partition coefficient (Wildman–Crippen LogP) is 4.01. The second-order valence-corrected chi connectivity index (χ2v) is 6.71. The molecule has 0 radical (unpaired) electrons. The molecule has 0 bridgehead atoms. The van der Waals surface area contributed by atoms with Gasteiger partial charge in [0, 0.05) is 17.0 Å². The maximum absolute atomic E-state index is 6.22. The lowest BCUT2D eigenvalue weighted by molar-refractivity contribution is 0.515. The molecular formula is C16H25NS. The number of aryl methyl sites for hydroxylation is 1. The Labute approximate surface area is 116 Å². The van der Waals surface area contributed by atoms with E-state index in [0.29, 0.717) is 6.04 Å². The van der Waals surface area contributed by atoms with Crippen molar-refractivity contribution in [1.82, 2.24) is 0 Å². The lowest BCUT2D eigenvalue weighted by atomic mass is 10.0. The van der Waals surface area contributed by atoms with Crippen molar-refractivity contribution in [2.75, 3.05) is 5.75 Å². The van der Waals surface area contributed by atoms with Crippen LogP contribution in [0.1, 0.15) is 44.1 Å². The van der Waals surface area contributed by atoms with Crippen LogP contribution < -0.4 is 5.73 Å². The fourth-order valence-corrected chi connectivity index (χ4v) is 3.92. The fourth-order valence-electron chi connectivity index (χ4n) is 2.57. The lowest BCUT2D eigenvalue weighted by Gasteiger charge is -2.22. The minimum Gasteiger partial charge on any atom is -0.327 e. The van der Waals surface area contributed by atoms with Crippen LogP contribution in [0.2, 0.25) is 0 Å². The van der Waals surface area contributed by atoms with E-state index in [9.17, 15) is 0 Å². The summed E-state index contributed by atoms with van der Waals surface area (Å²) in [6.45, 7) is 0. The van der Waals surface area contributed by atoms with Crippen LogP contribution in [-0.2, 0) is 6.42 Å². The van der Waals surface area contributed by atoms with Crippen LogP contribution in [0, 0.1) is 0 Å². The molecule has 1 aromatic carbocycles. The Hall–Kier alpha value is -0.470. The topological polar surface area (TPSA) is 26.0 Å². The standard InChI is InChI=1S/C16H25NS/c17-15(12-11-14-7-3-1-4-8-14)13-18-16-9-5-2-6-10-16/h1,3-4,7-8,15-16H,2,5-6,9-13,17H2. The predicted molar refractivity (Wildman–Crippen MR) is 82.1 cm³/mol. The molecule has 1 aliphatic rings. The summed E-state index contributed by atoms with van der Waals surface area (Å²) in [7, 11) is 0. The van der Waals surface area contributed by atoms with Gasteiger partial charge >= 0.3 is 0 Å². The molecule has 0 saturated heterocycles. The van der Waals surface area contributed by atoms with Crippen LogP contribution in [0.15, 0.2) is 30.3 Å². The van der Waals surface area contributed by atoms with E-state index in [1.165, 1.54) is 37.7 Å². The van der Waals surface area contributed by atoms with Crippen LogP contribution >= 0.6 is 11.8 Å². The van der Waals surface area contributed by atoms with E-state index in [0.717, 1.165) is 23.8 Å². The highest BCUT2D eigenvalue weighted by atomic mass is 32.2. The summed E-state index contributed by atoms with van der Waals surface area (Å²) in [6, 6.07) is 11.0. The highest BCUT2D eigenvalue weighted by Crippen LogP contribution is 2.28. The van der Waals surface area contributed by atoms with Crippen LogP contribution in [-0.4, -0.2) is 17.0 Å². The summed E-state index contributed by atoms with van der Waals surface area (Å²) in [4.78, 5) is 0. The van der Waals surface area contributed by atoms with Crippen LogP contribution in [0.4, 0.5) is 0 Å². The molecule has 0 aliphatic heterocycles. The van der Waals surface area contributed by atoms with E-state index in [-0.39, 0.29) is 0 Å². The molecule has 2 rings (SSSR count). The zero-order chi connectivity index (χ0) is 12.6. The first-order valence-corrected chi connectivity index (χ1v) is 8.30. The van der Waals surface area contributed by atoms with Crippen molar-refractivity contribution in [2.24, 2.45) is 5.73 Å². The minimum atomic E-state index is 0.358. The Bertz CT molecular complexity index is 319. The monoisotopic (exact) mass is 263 g/mol. The van der Waals surface area contributed by atoms with Crippen molar-refractivity contribution in [1.29, 1.82) is 0 Å². The number of nitrogens with two attached hydrogens (primary N) is 1. The molecule has 1 aliphatic carbocycles. The van der Waals surface area contributed by atoms with Gasteiger partial charge in [-0.1, -0.05) is 49.6 Å². The van der Waals surface area contributed by atoms with E-state index in [2.05, 4.69) is 42.1 Å². The van der Waals surface area contributed by atoms with Gasteiger partial charge in [0.15, 0.2) is 0 Å². The molecule has 0 spiro atoms. The normalized spacial score (nSPS) is 18.7. The average Bonchev–Trinajstić information content (AvgIpc) is 2.45. The number of benzene rings is 1. The van der Waals surface area contributed by atoms with Gasteiger partial charge in [0.05, 0.1) is 0 Å². The number of hydrogen-bond donors (Lipinski definition) is 1. The summed E-state index contributed by atoms with van der Waals surface area (Å²) >= 11 is 2.12. The van der Waals surface area contributed by atoms with E-state index < -0.39 is 0 Å². The fraction of sp³-hybridized carbons (Fsp3) is 0.625. The van der Waals surface area contributed by atoms with Crippen molar-refractivity contribution in [3.05, 3.63) is 35.9 Å². The largest absolute Gasteiger partial charge is 0.327 e. The van der Waals surface area contributed by atoms with Crippen molar-refractivity contribution in [2.45, 2.75) is 56.2 Å². The van der Waals surface area contributed by atoms with E-state index in [1.54, 1.807) is 0 Å². The molecule has 0 heterocycles. The molecule has 2 N–H and O–H groups in total. The molecule has 0 aromatic heterocycles. The second-order valence-electron chi connectivity index (χ2n) is 5.38. The Morgan fingerprint density at radius 2 is 1.83 bits per heavy atom. The first kappa shape index (κ1) is 14.0. The van der Waals surface area contributed by atoms with E-state index in [1.807, 2.05) is 0 Å². The lowest BCUT2D eigenvalue weighted by Crippen LogP contribution is -2.25. The van der Waals surface area contributed by atoms with Crippen LogP contribution in [0.5, 0.6) is 0 Å². The van der Waals surface area contributed by atoms with Crippen molar-refractivity contribution in [3.63, 3.8) is 0 Å². The third kappa shape index (κ3) is 5.03. The van der Waals surface area contributed by atoms with Gasteiger partial charge in [0.1, 0.15) is 0 Å². The van der Waals surface area contributed by atoms with Crippen molar-refractivity contribution < 1.29 is 0 Å². The van der Waals surface area contributed by atoms with Crippen molar-refractivity contribution in [3.8, 4) is 0 Å². The van der Waals surface area contributed by atoms with Crippen molar-refractivity contribution >= 4 is 11.8 Å². The van der Waals surface area contributed by atoms with Gasteiger partial charge in [0.25, 0.3) is 0 Å². The van der Waals surface area contributed by atoms with E-state index in [4.69, 9.17) is 5.73 Å². The Kier molecular flexibility index (Phi) is 6.09. The smallest absolute Gasteiger partial charge is 0.0133 e. The molecule has 1 atom stereocenters. The third-order valence-electron chi connectivity index (χ3n) is 3.74. The Balaban J connectivity index is 1.61. The molecule has 18 heavy (non-hydrogen) atoms. The summed E-state index contributed by atoms with van der Waals surface area (Å²) in [5.74, 6) is 1.14. The zero-order valence-electron chi connectivity index (χ0n) is 11.2. The second kappa shape index (κ2) is 7.85. The van der Waals surface area contributed by atoms with Gasteiger partial charge in [-0.25, -0.2) is 0 Å². The Morgan fingerprint density at radius 1 is 1.11 bits per heavy atom. The van der Waals surface area contributed by atoms with Gasteiger partial charge < -0.3 is 5.73 Å². The number of rotatable bonds is 6. The molecule has 1 fully saturated rings. The number of thioether (sulfide) groups is 1. The quantitative estimate of drug-likeness (QED) is 0.839. The molecular weight excluding hydrogens is 238 g/mol. The molecule has 1 nitrogen and oxygen atoms in total. The summed E-state index contributed by atoms with van der Waals surface area (Å²) < 4.78 is 0. The SMILES string of the molecule is NC(CCc1ccccc1)CSC1CCCCC1. The summed E-state index contributed by atoms with van der Waals surface area (Å²) in [5.41, 5.74) is 7.63. The molecule has 100 valence electrons. The highest BCUT2D eigenvalue weighted by molar-refractivity contribution is 7.99. The molecule has 1 aromatic rings. The Morgan fingerprint density at radius 3 is 2.56 bits per heavy atom. The van der Waals surface area contributed by atoms with Gasteiger partial charge in [-0.15, -0.1) is 0 Å².